The Labute approximate surface area is 106 Å². The Morgan fingerprint density at radius 3 is 2.50 bits per heavy atom. The zero-order chi connectivity index (χ0) is 13.0. The number of rotatable bonds is 4. The Balaban J connectivity index is 2.08. The van der Waals surface area contributed by atoms with E-state index in [1.165, 1.54) is 11.8 Å². The number of aromatic nitrogens is 1. The van der Waals surface area contributed by atoms with E-state index in [0.29, 0.717) is 5.56 Å². The molecular formula is C14H15N3O. The first-order chi connectivity index (χ1) is 8.66. The third kappa shape index (κ3) is 2.85. The van der Waals surface area contributed by atoms with Gasteiger partial charge in [0.05, 0.1) is 5.56 Å². The van der Waals surface area contributed by atoms with Crippen LogP contribution >= 0.6 is 0 Å². The van der Waals surface area contributed by atoms with Crippen LogP contribution in [0.15, 0.2) is 48.7 Å². The molecular weight excluding hydrogens is 226 g/mol. The van der Waals surface area contributed by atoms with Crippen LogP contribution in [0.3, 0.4) is 0 Å². The van der Waals surface area contributed by atoms with Crippen molar-refractivity contribution in [2.24, 2.45) is 5.73 Å². The summed E-state index contributed by atoms with van der Waals surface area (Å²) in [6.45, 7) is 2.05. The summed E-state index contributed by atoms with van der Waals surface area (Å²) in [5.41, 5.74) is 6.75. The standard InChI is InChI=1S/C14H15N3O/c1-10(11-5-3-2-4-6-11)17-13-8-7-12(9-16-13)14(15)18/h2-10H,1H3,(H2,15,18)(H,16,17)/t10-/m1/s1. The Morgan fingerprint density at radius 2 is 1.94 bits per heavy atom. The molecule has 92 valence electrons. The molecule has 2 aromatic rings. The monoisotopic (exact) mass is 241 g/mol. The molecule has 0 unspecified atom stereocenters. The van der Waals surface area contributed by atoms with Gasteiger partial charge in [0.1, 0.15) is 5.82 Å². The molecule has 0 aliphatic rings. The van der Waals surface area contributed by atoms with Crippen LogP contribution in [-0.2, 0) is 0 Å². The van der Waals surface area contributed by atoms with Crippen molar-refractivity contribution < 1.29 is 4.79 Å². The van der Waals surface area contributed by atoms with Gasteiger partial charge in [0, 0.05) is 12.2 Å². The van der Waals surface area contributed by atoms with Crippen LogP contribution in [0.4, 0.5) is 5.82 Å². The van der Waals surface area contributed by atoms with Crippen molar-refractivity contribution in [1.29, 1.82) is 0 Å². The SMILES string of the molecule is C[C@@H](Nc1ccc(C(N)=O)cn1)c1ccccc1. The summed E-state index contributed by atoms with van der Waals surface area (Å²) in [5, 5.41) is 3.26. The number of anilines is 1. The van der Waals surface area contributed by atoms with Crippen molar-refractivity contribution in [3.63, 3.8) is 0 Å². The van der Waals surface area contributed by atoms with Gasteiger partial charge in [-0.1, -0.05) is 30.3 Å². The number of nitrogens with one attached hydrogen (secondary N) is 1. The summed E-state index contributed by atoms with van der Waals surface area (Å²) >= 11 is 0. The predicted molar refractivity (Wildman–Crippen MR) is 71.2 cm³/mol. The van der Waals surface area contributed by atoms with Gasteiger partial charge < -0.3 is 11.1 Å². The molecule has 0 spiro atoms. The summed E-state index contributed by atoms with van der Waals surface area (Å²) in [6.07, 6.45) is 1.47. The van der Waals surface area contributed by atoms with Crippen molar-refractivity contribution in [2.45, 2.75) is 13.0 Å². The van der Waals surface area contributed by atoms with Gasteiger partial charge >= 0.3 is 0 Å². The summed E-state index contributed by atoms with van der Waals surface area (Å²) in [7, 11) is 0. The second kappa shape index (κ2) is 5.31. The summed E-state index contributed by atoms with van der Waals surface area (Å²) in [4.78, 5) is 15.1. The number of carbonyl (C=O) groups is 1. The third-order valence-electron chi connectivity index (χ3n) is 2.71. The van der Waals surface area contributed by atoms with Gasteiger partial charge in [0.15, 0.2) is 0 Å². The van der Waals surface area contributed by atoms with Crippen LogP contribution in [0.1, 0.15) is 28.9 Å². The first kappa shape index (κ1) is 12.1. The number of primary amides is 1. The fourth-order valence-corrected chi connectivity index (χ4v) is 1.67. The van der Waals surface area contributed by atoms with Crippen LogP contribution in [0.5, 0.6) is 0 Å². The molecule has 0 saturated heterocycles. The molecule has 2 rings (SSSR count). The minimum absolute atomic E-state index is 0.151. The topological polar surface area (TPSA) is 68.0 Å². The summed E-state index contributed by atoms with van der Waals surface area (Å²) in [6, 6.07) is 13.6. The van der Waals surface area contributed by atoms with E-state index in [1.807, 2.05) is 18.2 Å². The van der Waals surface area contributed by atoms with E-state index in [4.69, 9.17) is 5.73 Å². The van der Waals surface area contributed by atoms with Gasteiger partial charge in [0.2, 0.25) is 5.91 Å². The Bertz CT molecular complexity index is 522. The molecule has 0 aliphatic carbocycles. The van der Waals surface area contributed by atoms with E-state index >= 15 is 0 Å². The number of pyridine rings is 1. The summed E-state index contributed by atoms with van der Waals surface area (Å²) < 4.78 is 0. The largest absolute Gasteiger partial charge is 0.366 e. The van der Waals surface area contributed by atoms with E-state index in [2.05, 4.69) is 29.4 Å². The van der Waals surface area contributed by atoms with Crippen LogP contribution < -0.4 is 11.1 Å². The zero-order valence-corrected chi connectivity index (χ0v) is 10.1. The van der Waals surface area contributed by atoms with Crippen molar-refractivity contribution in [1.82, 2.24) is 4.98 Å². The maximum atomic E-state index is 10.9. The van der Waals surface area contributed by atoms with Crippen LogP contribution in [-0.4, -0.2) is 10.9 Å². The van der Waals surface area contributed by atoms with E-state index in [0.717, 1.165) is 5.82 Å². The minimum atomic E-state index is -0.467. The van der Waals surface area contributed by atoms with Gasteiger partial charge in [-0.3, -0.25) is 4.79 Å². The first-order valence-electron chi connectivity index (χ1n) is 5.74. The number of carbonyl (C=O) groups excluding carboxylic acids is 1. The second-order valence-electron chi connectivity index (χ2n) is 4.07. The molecule has 0 radical (unpaired) electrons. The lowest BCUT2D eigenvalue weighted by molar-refractivity contribution is 0.1000. The molecule has 1 heterocycles. The lowest BCUT2D eigenvalue weighted by atomic mass is 10.1. The second-order valence-corrected chi connectivity index (χ2v) is 4.07. The van der Waals surface area contributed by atoms with Crippen molar-refractivity contribution >= 4 is 11.7 Å². The fraction of sp³-hybridized carbons (Fsp3) is 0.143. The molecule has 0 fully saturated rings. The Hall–Kier alpha value is -2.36. The normalized spacial score (nSPS) is 11.8. The molecule has 1 aromatic carbocycles. The van der Waals surface area contributed by atoms with Gasteiger partial charge in [-0.15, -0.1) is 0 Å². The highest BCUT2D eigenvalue weighted by molar-refractivity contribution is 5.92. The number of amides is 1. The van der Waals surface area contributed by atoms with Crippen molar-refractivity contribution in [3.8, 4) is 0 Å². The van der Waals surface area contributed by atoms with Crippen molar-refractivity contribution in [3.05, 3.63) is 59.8 Å². The molecule has 0 bridgehead atoms. The lowest BCUT2D eigenvalue weighted by Gasteiger charge is -2.14. The average Bonchev–Trinajstić information content (AvgIpc) is 2.40. The quantitative estimate of drug-likeness (QED) is 0.863. The van der Waals surface area contributed by atoms with E-state index < -0.39 is 5.91 Å². The predicted octanol–water partition coefficient (Wildman–Crippen LogP) is 2.35. The molecule has 0 aliphatic heterocycles. The molecule has 18 heavy (non-hydrogen) atoms. The molecule has 1 amide bonds. The first-order valence-corrected chi connectivity index (χ1v) is 5.74. The molecule has 1 atom stereocenters. The van der Waals surface area contributed by atoms with Crippen LogP contribution in [0.25, 0.3) is 0 Å². The van der Waals surface area contributed by atoms with E-state index in [-0.39, 0.29) is 6.04 Å². The third-order valence-corrected chi connectivity index (χ3v) is 2.71. The van der Waals surface area contributed by atoms with Gasteiger partial charge in [0.25, 0.3) is 0 Å². The Kier molecular flexibility index (Phi) is 3.57. The molecule has 4 heteroatoms. The highest BCUT2D eigenvalue weighted by Crippen LogP contribution is 2.17. The average molecular weight is 241 g/mol. The maximum Gasteiger partial charge on any atom is 0.250 e. The van der Waals surface area contributed by atoms with Gasteiger partial charge in [-0.25, -0.2) is 4.98 Å². The number of nitrogens with two attached hydrogens (primary N) is 1. The number of benzene rings is 1. The molecule has 4 nitrogen and oxygen atoms in total. The fourth-order valence-electron chi connectivity index (χ4n) is 1.67. The molecule has 0 saturated carbocycles. The van der Waals surface area contributed by atoms with Crippen molar-refractivity contribution in [2.75, 3.05) is 5.32 Å². The highest BCUT2D eigenvalue weighted by atomic mass is 16.1. The number of hydrogen-bond donors (Lipinski definition) is 2. The minimum Gasteiger partial charge on any atom is -0.366 e. The summed E-state index contributed by atoms with van der Waals surface area (Å²) in [5.74, 6) is 0.251. The van der Waals surface area contributed by atoms with Crippen LogP contribution in [0, 0.1) is 0 Å². The zero-order valence-electron chi connectivity index (χ0n) is 10.1. The van der Waals surface area contributed by atoms with E-state index in [9.17, 15) is 4.79 Å². The maximum absolute atomic E-state index is 10.9. The Morgan fingerprint density at radius 1 is 1.22 bits per heavy atom. The van der Waals surface area contributed by atoms with E-state index in [1.54, 1.807) is 12.1 Å². The lowest BCUT2D eigenvalue weighted by Crippen LogP contribution is -2.12. The highest BCUT2D eigenvalue weighted by Gasteiger charge is 2.06. The molecule has 3 N–H and O–H groups in total. The smallest absolute Gasteiger partial charge is 0.250 e. The van der Waals surface area contributed by atoms with Gasteiger partial charge in [-0.2, -0.15) is 0 Å². The molecule has 1 aromatic heterocycles. The number of nitrogens with zero attached hydrogens (tertiary/aromatic N) is 1. The van der Waals surface area contributed by atoms with Gasteiger partial charge in [-0.05, 0) is 24.6 Å². The number of hydrogen-bond acceptors (Lipinski definition) is 3. The van der Waals surface area contributed by atoms with Crippen LogP contribution in [0.2, 0.25) is 0 Å².